The summed E-state index contributed by atoms with van der Waals surface area (Å²) in [6.07, 6.45) is 0.242. The number of likely N-dealkylation sites (tertiary alicyclic amines) is 3. The molecule has 9 rings (SSSR count). The molecule has 3 fully saturated rings. The minimum atomic E-state index is -0.864. The van der Waals surface area contributed by atoms with Crippen molar-refractivity contribution in [2.24, 2.45) is 17.3 Å². The fraction of sp³-hybridized carbons (Fsp3) is 0.407. The van der Waals surface area contributed by atoms with Crippen LogP contribution in [0.3, 0.4) is 0 Å². The topological polar surface area (TPSA) is 157 Å². The van der Waals surface area contributed by atoms with Crippen molar-refractivity contribution in [1.82, 2.24) is 30.3 Å². The second-order valence-corrected chi connectivity index (χ2v) is 21.9. The van der Waals surface area contributed by atoms with Crippen molar-refractivity contribution in [3.63, 3.8) is 0 Å². The number of nitrogens with one attached hydrogen (secondary N) is 2. The average Bonchev–Trinajstić information content (AvgIpc) is 4.17. The van der Waals surface area contributed by atoms with Crippen LogP contribution >= 0.6 is 22.7 Å². The second kappa shape index (κ2) is 21.2. The molecule has 5 heterocycles. The van der Waals surface area contributed by atoms with Crippen molar-refractivity contribution < 1.29 is 38.5 Å². The van der Waals surface area contributed by atoms with Crippen LogP contribution in [0.25, 0.3) is 31.0 Å². The Balaban J connectivity index is 0.693. The van der Waals surface area contributed by atoms with E-state index in [1.807, 2.05) is 87.8 Å². The molecule has 70 heavy (non-hydrogen) atoms. The highest BCUT2D eigenvalue weighted by molar-refractivity contribution is 7.22. The zero-order valence-electron chi connectivity index (χ0n) is 40.0. The van der Waals surface area contributed by atoms with Gasteiger partial charge in [0, 0.05) is 68.7 Å². The molecule has 0 radical (unpaired) electrons. The van der Waals surface area contributed by atoms with Gasteiger partial charge < -0.3 is 40.1 Å². The lowest BCUT2D eigenvalue weighted by atomic mass is 9.85. The van der Waals surface area contributed by atoms with E-state index in [2.05, 4.69) is 25.4 Å². The predicted octanol–water partition coefficient (Wildman–Crippen LogP) is 8.47. The molecule has 0 spiro atoms. The number of rotatable bonds is 17. The number of thiophene rings is 1. The fourth-order valence-corrected chi connectivity index (χ4v) is 12.0. The number of aryl methyl sites for hydroxylation is 1. The molecule has 3 unspecified atom stereocenters. The lowest BCUT2D eigenvalue weighted by Crippen LogP contribution is -2.57. The number of benzene rings is 4. The Hall–Kier alpha value is -5.91. The van der Waals surface area contributed by atoms with Crippen molar-refractivity contribution in [3.8, 4) is 43.9 Å². The molecule has 4 N–H and O–H groups in total. The van der Waals surface area contributed by atoms with E-state index in [0.29, 0.717) is 36.4 Å². The minimum absolute atomic E-state index is 0.0282. The van der Waals surface area contributed by atoms with Gasteiger partial charge in [-0.2, -0.15) is 0 Å². The molecular weight excluding hydrogens is 928 g/mol. The van der Waals surface area contributed by atoms with Crippen molar-refractivity contribution in [2.45, 2.75) is 71.7 Å². The highest BCUT2D eigenvalue weighted by Crippen LogP contribution is 2.47. The number of aliphatic hydroxyl groups excluding tert-OH is 1. The van der Waals surface area contributed by atoms with Crippen molar-refractivity contribution >= 4 is 50.5 Å². The molecule has 4 aromatic carbocycles. The van der Waals surface area contributed by atoms with Gasteiger partial charge in [0.2, 0.25) is 17.7 Å². The number of aromatic nitrogens is 1. The number of ether oxygens (including phenoxy) is 2. The van der Waals surface area contributed by atoms with Gasteiger partial charge in [-0.25, -0.2) is 9.37 Å². The van der Waals surface area contributed by atoms with Crippen LogP contribution in [0.2, 0.25) is 0 Å². The van der Waals surface area contributed by atoms with E-state index in [1.54, 1.807) is 35.6 Å². The summed E-state index contributed by atoms with van der Waals surface area (Å²) in [7, 11) is 0. The molecule has 0 aliphatic carbocycles. The first-order valence-corrected chi connectivity index (χ1v) is 25.8. The predicted molar refractivity (Wildman–Crippen MR) is 272 cm³/mol. The number of thiazole rings is 1. The first-order chi connectivity index (χ1) is 33.6. The Bertz CT molecular complexity index is 2780. The molecule has 0 saturated carbocycles. The zero-order valence-corrected chi connectivity index (χ0v) is 41.7. The Morgan fingerprint density at radius 2 is 1.51 bits per heavy atom. The molecule has 3 amide bonds. The standard InChI is InChI=1S/C54H61FN6O7S2/c1-33-49(69-32-57-33)35-9-7-34(8-10-35)26-56-52(65)45-24-41(63)31-61(45)53(66)51(54(2,3)4)58-47(64)6-5-21-59-27-37-29-60(30-38(37)28-59)22-23-67-42-16-18-43(19-17-42)68-48-44-20-15-40(62)25-46(44)70-50(48)36-11-13-39(55)14-12-36/h7-20,25,32,37-38,41,45,51,62-63H,5-6,21-24,26-31H2,1-4H3,(H,56,65)(H,58,64)/t37?,38?,41-,45+,51?/m1/s1. The summed E-state index contributed by atoms with van der Waals surface area (Å²) >= 11 is 3.06. The largest absolute Gasteiger partial charge is 0.508 e. The molecule has 13 nitrogen and oxygen atoms in total. The monoisotopic (exact) mass is 988 g/mol. The summed E-state index contributed by atoms with van der Waals surface area (Å²) in [6.45, 7) is 14.1. The SMILES string of the molecule is Cc1ncsc1-c1ccc(CNC(=O)[C@@H]2C[C@@H](O)CN2C(=O)C(NC(=O)CCCN2CC3CN(CCOc4ccc(Oc5c(-c6ccc(F)cc6)sc6cc(O)ccc56)cc4)CC3C2)C(C)(C)C)cc1. The Labute approximate surface area is 416 Å². The van der Waals surface area contributed by atoms with Crippen molar-refractivity contribution in [2.75, 3.05) is 52.4 Å². The number of hydrogen-bond acceptors (Lipinski definition) is 12. The summed E-state index contributed by atoms with van der Waals surface area (Å²) in [5.41, 5.74) is 4.97. The van der Waals surface area contributed by atoms with E-state index in [1.165, 1.54) is 28.4 Å². The van der Waals surface area contributed by atoms with Gasteiger partial charge in [0.25, 0.3) is 0 Å². The van der Waals surface area contributed by atoms with Gasteiger partial charge in [0.05, 0.1) is 27.1 Å². The Morgan fingerprint density at radius 3 is 2.19 bits per heavy atom. The third-order valence-corrected chi connectivity index (χ3v) is 15.8. The lowest BCUT2D eigenvalue weighted by Gasteiger charge is -2.35. The number of aliphatic hydroxyl groups is 1. The van der Waals surface area contributed by atoms with Crippen LogP contribution in [-0.4, -0.2) is 118 Å². The number of amides is 3. The van der Waals surface area contributed by atoms with Crippen LogP contribution in [0.1, 0.15) is 51.3 Å². The number of hydrogen-bond donors (Lipinski definition) is 4. The maximum atomic E-state index is 14.1. The number of halogens is 1. The summed E-state index contributed by atoms with van der Waals surface area (Å²) in [4.78, 5) is 53.7. The van der Waals surface area contributed by atoms with Gasteiger partial charge in [0.1, 0.15) is 41.8 Å². The number of β-amino-alcohol motifs (C(OH)–C–C–N with tert-alkyl or cyclic N) is 1. The Kier molecular flexibility index (Phi) is 14.9. The minimum Gasteiger partial charge on any atom is -0.508 e. The van der Waals surface area contributed by atoms with Gasteiger partial charge in [-0.05, 0) is 108 Å². The smallest absolute Gasteiger partial charge is 0.246 e. The number of nitrogens with zero attached hydrogens (tertiary/aromatic N) is 4. The first kappa shape index (κ1) is 49.1. The molecule has 16 heteroatoms. The van der Waals surface area contributed by atoms with Crippen LogP contribution in [-0.2, 0) is 20.9 Å². The molecule has 3 aliphatic rings. The summed E-state index contributed by atoms with van der Waals surface area (Å²) in [5.74, 6) is 2.12. The second-order valence-electron chi connectivity index (χ2n) is 20.0. The summed E-state index contributed by atoms with van der Waals surface area (Å²) < 4.78 is 27.2. The molecular formula is C54H61FN6O7S2. The van der Waals surface area contributed by atoms with E-state index in [9.17, 15) is 29.0 Å². The quantitative estimate of drug-likeness (QED) is 0.0700. The van der Waals surface area contributed by atoms with E-state index in [0.717, 1.165) is 87.2 Å². The number of fused-ring (bicyclic) bond motifs is 2. The van der Waals surface area contributed by atoms with Gasteiger partial charge >= 0.3 is 0 Å². The fourth-order valence-electron chi connectivity index (χ4n) is 10.00. The summed E-state index contributed by atoms with van der Waals surface area (Å²) in [6, 6.07) is 25.3. The first-order valence-electron chi connectivity index (χ1n) is 24.1. The maximum Gasteiger partial charge on any atom is 0.246 e. The number of carbonyl (C=O) groups excluding carboxylic acids is 3. The maximum absolute atomic E-state index is 14.1. The van der Waals surface area contributed by atoms with Crippen molar-refractivity contribution in [1.29, 1.82) is 0 Å². The molecule has 6 aromatic rings. The third-order valence-electron chi connectivity index (χ3n) is 13.7. The van der Waals surface area contributed by atoms with E-state index >= 15 is 0 Å². The highest BCUT2D eigenvalue weighted by Gasteiger charge is 2.45. The van der Waals surface area contributed by atoms with Crippen LogP contribution in [0, 0.1) is 30.0 Å². The number of carbonyl (C=O) groups is 3. The Morgan fingerprint density at radius 1 is 0.857 bits per heavy atom. The number of phenols is 1. The van der Waals surface area contributed by atoms with Crippen LogP contribution in [0.4, 0.5) is 4.39 Å². The van der Waals surface area contributed by atoms with Gasteiger partial charge in [-0.1, -0.05) is 57.2 Å². The van der Waals surface area contributed by atoms with Crippen LogP contribution in [0.15, 0.2) is 96.5 Å². The van der Waals surface area contributed by atoms with Gasteiger partial charge in [-0.15, -0.1) is 22.7 Å². The third kappa shape index (κ3) is 11.5. The molecule has 3 aliphatic heterocycles. The van der Waals surface area contributed by atoms with E-state index < -0.39 is 23.6 Å². The molecule has 0 bridgehead atoms. The van der Waals surface area contributed by atoms with E-state index in [4.69, 9.17) is 9.47 Å². The van der Waals surface area contributed by atoms with Gasteiger partial charge in [0.15, 0.2) is 5.75 Å². The molecule has 5 atom stereocenters. The highest BCUT2D eigenvalue weighted by atomic mass is 32.1. The molecule has 3 saturated heterocycles. The molecule has 2 aromatic heterocycles. The van der Waals surface area contributed by atoms with Crippen molar-refractivity contribution in [3.05, 3.63) is 114 Å². The van der Waals surface area contributed by atoms with Crippen LogP contribution < -0.4 is 20.1 Å². The van der Waals surface area contributed by atoms with Crippen LogP contribution in [0.5, 0.6) is 23.0 Å². The van der Waals surface area contributed by atoms with E-state index in [-0.39, 0.29) is 55.2 Å². The number of aromatic hydroxyl groups is 1. The summed E-state index contributed by atoms with van der Waals surface area (Å²) in [5, 5.41) is 27.6. The zero-order chi connectivity index (χ0) is 49.1. The van der Waals surface area contributed by atoms with Gasteiger partial charge in [-0.3, -0.25) is 19.3 Å². The molecule has 368 valence electrons. The lowest BCUT2D eigenvalue weighted by molar-refractivity contribution is -0.144. The normalized spacial score (nSPS) is 19.9. The average molecular weight is 989 g/mol. The number of phenolic OH excluding ortho intramolecular Hbond substituents is 1.